The highest BCUT2D eigenvalue weighted by molar-refractivity contribution is 7.09. The summed E-state index contributed by atoms with van der Waals surface area (Å²) >= 11 is 1.59. The number of rotatable bonds is 6. The molecular weight excluding hydrogens is 322 g/mol. The van der Waals surface area contributed by atoms with E-state index in [-0.39, 0.29) is 18.1 Å². The summed E-state index contributed by atoms with van der Waals surface area (Å²) in [5.41, 5.74) is 1.99. The Hall–Kier alpha value is -2.08. The quantitative estimate of drug-likeness (QED) is 0.865. The topological polar surface area (TPSA) is 54.5 Å². The number of methoxy groups -OCH3 is 1. The van der Waals surface area contributed by atoms with Gasteiger partial charge in [-0.1, -0.05) is 18.2 Å². The van der Waals surface area contributed by atoms with E-state index < -0.39 is 0 Å². The van der Waals surface area contributed by atoms with Gasteiger partial charge in [-0.2, -0.15) is 0 Å². The molecule has 0 aliphatic carbocycles. The summed E-state index contributed by atoms with van der Waals surface area (Å²) in [6.07, 6.45) is 0.734. The monoisotopic (exact) mass is 347 g/mol. The number of hydrogen-bond donors (Lipinski definition) is 1. The van der Waals surface area contributed by atoms with Gasteiger partial charge in [0.25, 0.3) is 0 Å². The van der Waals surface area contributed by atoms with Crippen LogP contribution in [0.4, 0.5) is 4.79 Å². The van der Waals surface area contributed by atoms with Gasteiger partial charge in [0.15, 0.2) is 0 Å². The highest BCUT2D eigenvalue weighted by atomic mass is 32.1. The number of carbonyl (C=O) groups excluding carboxylic acids is 1. The first-order valence-electron chi connectivity index (χ1n) is 7.99. The standard InChI is InChI=1S/C18H25N3O2S/c1-12(10-15-8-6-7-9-17(15)23-5)21(4)18(22)19-13(2)16-11-24-14(3)20-16/h6-9,11-13H,10H2,1-5H3,(H,19,22)/t12-,13-/m1/s1. The van der Waals surface area contributed by atoms with Gasteiger partial charge in [0.1, 0.15) is 5.75 Å². The molecule has 2 amide bonds. The normalized spacial score (nSPS) is 13.2. The Morgan fingerprint density at radius 3 is 2.71 bits per heavy atom. The number of hydrogen-bond acceptors (Lipinski definition) is 4. The summed E-state index contributed by atoms with van der Waals surface area (Å²) < 4.78 is 5.38. The molecule has 0 radical (unpaired) electrons. The lowest BCUT2D eigenvalue weighted by Gasteiger charge is -2.27. The molecule has 24 heavy (non-hydrogen) atoms. The van der Waals surface area contributed by atoms with Crippen molar-refractivity contribution in [3.8, 4) is 5.75 Å². The van der Waals surface area contributed by atoms with Crippen LogP contribution >= 0.6 is 11.3 Å². The van der Waals surface area contributed by atoms with Gasteiger partial charge < -0.3 is 15.0 Å². The van der Waals surface area contributed by atoms with Gasteiger partial charge >= 0.3 is 6.03 Å². The lowest BCUT2D eigenvalue weighted by Crippen LogP contribution is -2.44. The summed E-state index contributed by atoms with van der Waals surface area (Å²) in [5.74, 6) is 0.851. The number of nitrogens with one attached hydrogen (secondary N) is 1. The van der Waals surface area contributed by atoms with Crippen molar-refractivity contribution >= 4 is 17.4 Å². The summed E-state index contributed by atoms with van der Waals surface area (Å²) in [7, 11) is 3.48. The molecule has 1 aromatic carbocycles. The molecule has 1 N–H and O–H groups in total. The molecule has 6 heteroatoms. The molecule has 5 nitrogen and oxygen atoms in total. The molecule has 2 aromatic rings. The Kier molecular flexibility index (Phi) is 6.20. The van der Waals surface area contributed by atoms with E-state index in [0.29, 0.717) is 0 Å². The van der Waals surface area contributed by atoms with E-state index in [1.807, 2.05) is 57.5 Å². The lowest BCUT2D eigenvalue weighted by molar-refractivity contribution is 0.190. The summed E-state index contributed by atoms with van der Waals surface area (Å²) in [5, 5.41) is 5.99. The number of benzene rings is 1. The van der Waals surface area contributed by atoms with Crippen molar-refractivity contribution in [2.45, 2.75) is 39.3 Å². The van der Waals surface area contributed by atoms with Crippen LogP contribution in [-0.4, -0.2) is 36.1 Å². The number of amides is 2. The number of urea groups is 1. The van der Waals surface area contributed by atoms with E-state index in [2.05, 4.69) is 10.3 Å². The van der Waals surface area contributed by atoms with Crippen LogP contribution < -0.4 is 10.1 Å². The first-order chi connectivity index (χ1) is 11.4. The number of para-hydroxylation sites is 1. The van der Waals surface area contributed by atoms with Crippen molar-refractivity contribution in [1.82, 2.24) is 15.2 Å². The van der Waals surface area contributed by atoms with Crippen LogP contribution in [0.15, 0.2) is 29.6 Å². The number of nitrogens with zero attached hydrogens (tertiary/aromatic N) is 2. The van der Waals surface area contributed by atoms with Crippen LogP contribution in [0.1, 0.15) is 36.2 Å². The first kappa shape index (κ1) is 18.3. The molecule has 1 aromatic heterocycles. The second kappa shape index (κ2) is 8.15. The van der Waals surface area contributed by atoms with E-state index in [0.717, 1.165) is 28.4 Å². The van der Waals surface area contributed by atoms with E-state index in [9.17, 15) is 4.79 Å². The summed E-state index contributed by atoms with van der Waals surface area (Å²) in [4.78, 5) is 18.6. The van der Waals surface area contributed by atoms with Gasteiger partial charge in [-0.15, -0.1) is 11.3 Å². The van der Waals surface area contributed by atoms with Crippen LogP contribution in [-0.2, 0) is 6.42 Å². The van der Waals surface area contributed by atoms with Gasteiger partial charge in [-0.25, -0.2) is 9.78 Å². The van der Waals surface area contributed by atoms with E-state index in [1.54, 1.807) is 23.3 Å². The molecule has 0 fully saturated rings. The molecule has 0 unspecified atom stereocenters. The molecule has 0 bridgehead atoms. The predicted octanol–water partition coefficient (Wildman–Crippen LogP) is 3.79. The number of ether oxygens (including phenoxy) is 1. The van der Waals surface area contributed by atoms with Gasteiger partial charge in [0.05, 0.1) is 23.9 Å². The van der Waals surface area contributed by atoms with E-state index in [4.69, 9.17) is 4.74 Å². The fourth-order valence-electron chi connectivity index (χ4n) is 2.47. The largest absolute Gasteiger partial charge is 0.496 e. The lowest BCUT2D eigenvalue weighted by atomic mass is 10.1. The van der Waals surface area contributed by atoms with Crippen molar-refractivity contribution in [2.24, 2.45) is 0 Å². The van der Waals surface area contributed by atoms with Crippen molar-refractivity contribution in [2.75, 3.05) is 14.2 Å². The van der Waals surface area contributed by atoms with E-state index in [1.165, 1.54) is 0 Å². The van der Waals surface area contributed by atoms with Crippen LogP contribution in [0.25, 0.3) is 0 Å². The highest BCUT2D eigenvalue weighted by Crippen LogP contribution is 2.21. The fraction of sp³-hybridized carbons (Fsp3) is 0.444. The average Bonchev–Trinajstić information content (AvgIpc) is 3.01. The maximum absolute atomic E-state index is 12.5. The number of likely N-dealkylation sites (N-methyl/N-ethyl adjacent to an activating group) is 1. The average molecular weight is 347 g/mol. The molecule has 2 atom stereocenters. The zero-order valence-electron chi connectivity index (χ0n) is 14.9. The van der Waals surface area contributed by atoms with Gasteiger partial charge in [-0.3, -0.25) is 0 Å². The smallest absolute Gasteiger partial charge is 0.317 e. The fourth-order valence-corrected chi connectivity index (χ4v) is 3.17. The zero-order chi connectivity index (χ0) is 17.7. The summed E-state index contributed by atoms with van der Waals surface area (Å²) in [6.45, 7) is 5.94. The number of thiazole rings is 1. The van der Waals surface area contributed by atoms with Gasteiger partial charge in [0, 0.05) is 18.5 Å². The van der Waals surface area contributed by atoms with Gasteiger partial charge in [-0.05, 0) is 38.8 Å². The number of aromatic nitrogens is 1. The minimum absolute atomic E-state index is 0.0469. The maximum Gasteiger partial charge on any atom is 0.317 e. The van der Waals surface area contributed by atoms with Crippen molar-refractivity contribution in [3.05, 3.63) is 45.9 Å². The SMILES string of the molecule is COc1ccccc1C[C@@H](C)N(C)C(=O)N[C@H](C)c1csc(C)n1. The molecular formula is C18H25N3O2S. The zero-order valence-corrected chi connectivity index (χ0v) is 15.7. The molecule has 0 saturated carbocycles. The van der Waals surface area contributed by atoms with E-state index >= 15 is 0 Å². The molecule has 2 rings (SSSR count). The Morgan fingerprint density at radius 2 is 2.08 bits per heavy atom. The Balaban J connectivity index is 1.96. The number of carbonyl (C=O) groups is 1. The number of aryl methyl sites for hydroxylation is 1. The van der Waals surface area contributed by atoms with Crippen LogP contribution in [0.5, 0.6) is 5.75 Å². The third-order valence-corrected chi connectivity index (χ3v) is 4.90. The maximum atomic E-state index is 12.5. The van der Waals surface area contributed by atoms with Crippen LogP contribution in [0.2, 0.25) is 0 Å². The molecule has 0 saturated heterocycles. The molecule has 0 spiro atoms. The molecule has 1 heterocycles. The van der Waals surface area contributed by atoms with Crippen molar-refractivity contribution in [3.63, 3.8) is 0 Å². The summed E-state index contributed by atoms with van der Waals surface area (Å²) in [6, 6.07) is 7.74. The second-order valence-electron chi connectivity index (χ2n) is 5.94. The Bertz CT molecular complexity index is 686. The minimum atomic E-state index is -0.108. The third-order valence-electron chi connectivity index (χ3n) is 4.11. The second-order valence-corrected chi connectivity index (χ2v) is 7.00. The Labute approximate surface area is 147 Å². The molecule has 130 valence electrons. The first-order valence-corrected chi connectivity index (χ1v) is 8.87. The third kappa shape index (κ3) is 4.47. The van der Waals surface area contributed by atoms with Crippen molar-refractivity contribution in [1.29, 1.82) is 0 Å². The molecule has 0 aliphatic heterocycles. The minimum Gasteiger partial charge on any atom is -0.496 e. The van der Waals surface area contributed by atoms with Crippen LogP contribution in [0.3, 0.4) is 0 Å². The van der Waals surface area contributed by atoms with Crippen molar-refractivity contribution < 1.29 is 9.53 Å². The van der Waals surface area contributed by atoms with Crippen LogP contribution in [0, 0.1) is 6.92 Å². The molecule has 0 aliphatic rings. The van der Waals surface area contributed by atoms with Gasteiger partial charge in [0.2, 0.25) is 0 Å². The highest BCUT2D eigenvalue weighted by Gasteiger charge is 2.20. The predicted molar refractivity (Wildman–Crippen MR) is 97.7 cm³/mol. The Morgan fingerprint density at radius 1 is 1.38 bits per heavy atom.